The van der Waals surface area contributed by atoms with Gasteiger partial charge in [-0.05, 0) is 32.4 Å². The Morgan fingerprint density at radius 1 is 1.47 bits per heavy atom. The number of hydrogen-bond donors (Lipinski definition) is 2. The van der Waals surface area contributed by atoms with Gasteiger partial charge in [0.2, 0.25) is 5.91 Å². The second-order valence-electron chi connectivity index (χ2n) is 5.02. The van der Waals surface area contributed by atoms with E-state index in [-0.39, 0.29) is 17.9 Å². The molecular formula is C15H22N2O2. The molecule has 2 rings (SSSR count). The summed E-state index contributed by atoms with van der Waals surface area (Å²) in [6.07, 6.45) is 2.04. The Bertz CT molecular complexity index is 428. The first-order valence-electron chi connectivity index (χ1n) is 6.86. The molecule has 0 radical (unpaired) electrons. The van der Waals surface area contributed by atoms with Crippen LogP contribution in [0, 0.1) is 5.92 Å². The van der Waals surface area contributed by atoms with Crippen molar-refractivity contribution in [1.82, 2.24) is 10.6 Å². The second kappa shape index (κ2) is 6.57. The van der Waals surface area contributed by atoms with Crippen LogP contribution in [0.5, 0.6) is 5.75 Å². The van der Waals surface area contributed by atoms with Crippen LogP contribution in [0.15, 0.2) is 24.3 Å². The number of hydrogen-bond acceptors (Lipinski definition) is 3. The fourth-order valence-corrected chi connectivity index (χ4v) is 2.51. The van der Waals surface area contributed by atoms with Gasteiger partial charge >= 0.3 is 0 Å². The number of carbonyl (C=O) groups is 1. The fraction of sp³-hybridized carbons (Fsp3) is 0.533. The number of para-hydroxylation sites is 1. The summed E-state index contributed by atoms with van der Waals surface area (Å²) < 4.78 is 5.33. The summed E-state index contributed by atoms with van der Waals surface area (Å²) in [6.45, 7) is 3.79. The van der Waals surface area contributed by atoms with Crippen LogP contribution in [0.25, 0.3) is 0 Å². The standard InChI is InChI=1S/C15H22N2O2/c1-11(13-7-3-4-8-14(13)19-2)17-15(18)12-6-5-9-16-10-12/h3-4,7-8,11-12,16H,5-6,9-10H2,1-2H3,(H,17,18)/t11-,12+/m1/s1. The topological polar surface area (TPSA) is 50.4 Å². The zero-order valence-electron chi connectivity index (χ0n) is 11.6. The summed E-state index contributed by atoms with van der Waals surface area (Å²) in [7, 11) is 1.65. The molecule has 4 heteroatoms. The maximum atomic E-state index is 12.2. The van der Waals surface area contributed by atoms with Crippen LogP contribution in [0.1, 0.15) is 31.4 Å². The van der Waals surface area contributed by atoms with Crippen LogP contribution >= 0.6 is 0 Å². The van der Waals surface area contributed by atoms with Gasteiger partial charge < -0.3 is 15.4 Å². The van der Waals surface area contributed by atoms with Gasteiger partial charge in [-0.15, -0.1) is 0 Å². The minimum Gasteiger partial charge on any atom is -0.496 e. The number of methoxy groups -OCH3 is 1. The highest BCUT2D eigenvalue weighted by Crippen LogP contribution is 2.24. The Morgan fingerprint density at radius 2 is 2.26 bits per heavy atom. The van der Waals surface area contributed by atoms with Gasteiger partial charge in [-0.25, -0.2) is 0 Å². The Balaban J connectivity index is 1.99. The van der Waals surface area contributed by atoms with Gasteiger partial charge in [-0.3, -0.25) is 4.79 Å². The average molecular weight is 262 g/mol. The summed E-state index contributed by atoms with van der Waals surface area (Å²) in [5.74, 6) is 1.04. The third kappa shape index (κ3) is 3.47. The Morgan fingerprint density at radius 3 is 2.95 bits per heavy atom. The minimum absolute atomic E-state index is 0.0365. The molecule has 2 atom stereocenters. The van der Waals surface area contributed by atoms with Crippen LogP contribution in [-0.4, -0.2) is 26.1 Å². The van der Waals surface area contributed by atoms with Crippen molar-refractivity contribution in [3.8, 4) is 5.75 Å². The number of ether oxygens (including phenoxy) is 1. The summed E-state index contributed by atoms with van der Waals surface area (Å²) in [5, 5.41) is 6.35. The van der Waals surface area contributed by atoms with Crippen LogP contribution in [-0.2, 0) is 4.79 Å². The number of benzene rings is 1. The van der Waals surface area contributed by atoms with Crippen LogP contribution in [0.2, 0.25) is 0 Å². The van der Waals surface area contributed by atoms with Crippen molar-refractivity contribution >= 4 is 5.91 Å². The lowest BCUT2D eigenvalue weighted by Crippen LogP contribution is -2.41. The number of rotatable bonds is 4. The predicted molar refractivity (Wildman–Crippen MR) is 75.1 cm³/mol. The van der Waals surface area contributed by atoms with Crippen LogP contribution in [0.4, 0.5) is 0 Å². The molecule has 0 aromatic heterocycles. The van der Waals surface area contributed by atoms with E-state index >= 15 is 0 Å². The summed E-state index contributed by atoms with van der Waals surface area (Å²) in [5.41, 5.74) is 1.02. The molecule has 0 bridgehead atoms. The van der Waals surface area contributed by atoms with Crippen molar-refractivity contribution in [3.63, 3.8) is 0 Å². The molecule has 1 aromatic carbocycles. The molecule has 0 saturated carbocycles. The highest BCUT2D eigenvalue weighted by molar-refractivity contribution is 5.79. The summed E-state index contributed by atoms with van der Waals surface area (Å²) in [6, 6.07) is 7.76. The smallest absolute Gasteiger partial charge is 0.224 e. The van der Waals surface area contributed by atoms with Crippen molar-refractivity contribution in [2.75, 3.05) is 20.2 Å². The molecule has 2 N–H and O–H groups in total. The molecule has 19 heavy (non-hydrogen) atoms. The SMILES string of the molecule is COc1ccccc1[C@@H](C)NC(=O)[C@H]1CCCNC1. The Hall–Kier alpha value is -1.55. The molecule has 1 aromatic rings. The zero-order valence-corrected chi connectivity index (χ0v) is 11.6. The lowest BCUT2D eigenvalue weighted by Gasteiger charge is -2.24. The molecule has 1 heterocycles. The lowest BCUT2D eigenvalue weighted by molar-refractivity contribution is -0.126. The quantitative estimate of drug-likeness (QED) is 0.871. The van der Waals surface area contributed by atoms with Gasteiger partial charge in [0, 0.05) is 12.1 Å². The third-order valence-corrected chi connectivity index (χ3v) is 3.63. The van der Waals surface area contributed by atoms with E-state index in [9.17, 15) is 4.79 Å². The Kier molecular flexibility index (Phi) is 4.80. The minimum atomic E-state index is -0.0365. The van der Waals surface area contributed by atoms with Crippen molar-refractivity contribution in [1.29, 1.82) is 0 Å². The fourth-order valence-electron chi connectivity index (χ4n) is 2.51. The van der Waals surface area contributed by atoms with Gasteiger partial charge in [0.1, 0.15) is 5.75 Å². The van der Waals surface area contributed by atoms with Gasteiger partial charge in [-0.2, -0.15) is 0 Å². The normalized spacial score (nSPS) is 20.6. The van der Waals surface area contributed by atoms with Gasteiger partial charge in [0.05, 0.1) is 19.1 Å². The monoisotopic (exact) mass is 262 g/mol. The molecular weight excluding hydrogens is 240 g/mol. The van der Waals surface area contributed by atoms with Crippen molar-refractivity contribution in [2.45, 2.75) is 25.8 Å². The summed E-state index contributed by atoms with van der Waals surface area (Å²) in [4.78, 5) is 12.2. The van der Waals surface area contributed by atoms with E-state index < -0.39 is 0 Å². The average Bonchev–Trinajstić information content (AvgIpc) is 2.48. The van der Waals surface area contributed by atoms with Crippen molar-refractivity contribution in [2.24, 2.45) is 5.92 Å². The molecule has 104 valence electrons. The number of piperidine rings is 1. The third-order valence-electron chi connectivity index (χ3n) is 3.63. The molecule has 0 aliphatic carbocycles. The van der Waals surface area contributed by atoms with E-state index in [1.807, 2.05) is 31.2 Å². The van der Waals surface area contributed by atoms with Crippen molar-refractivity contribution < 1.29 is 9.53 Å². The molecule has 1 fully saturated rings. The second-order valence-corrected chi connectivity index (χ2v) is 5.02. The molecule has 1 amide bonds. The molecule has 1 aliphatic heterocycles. The highest BCUT2D eigenvalue weighted by atomic mass is 16.5. The first kappa shape index (κ1) is 13.9. The number of carbonyl (C=O) groups excluding carboxylic acids is 1. The maximum Gasteiger partial charge on any atom is 0.224 e. The summed E-state index contributed by atoms with van der Waals surface area (Å²) >= 11 is 0. The zero-order chi connectivity index (χ0) is 13.7. The highest BCUT2D eigenvalue weighted by Gasteiger charge is 2.23. The van der Waals surface area contributed by atoms with Crippen LogP contribution < -0.4 is 15.4 Å². The molecule has 1 aliphatic rings. The van der Waals surface area contributed by atoms with E-state index in [1.165, 1.54) is 0 Å². The van der Waals surface area contributed by atoms with E-state index in [0.717, 1.165) is 37.2 Å². The van der Waals surface area contributed by atoms with E-state index in [4.69, 9.17) is 4.74 Å². The lowest BCUT2D eigenvalue weighted by atomic mass is 9.98. The predicted octanol–water partition coefficient (Wildman–Crippen LogP) is 1.87. The molecule has 1 saturated heterocycles. The number of amides is 1. The molecule has 0 unspecified atom stereocenters. The van der Waals surface area contributed by atoms with Gasteiger partial charge in [0.15, 0.2) is 0 Å². The van der Waals surface area contributed by atoms with E-state index in [2.05, 4.69) is 10.6 Å². The Labute approximate surface area is 114 Å². The van der Waals surface area contributed by atoms with Gasteiger partial charge in [0.25, 0.3) is 0 Å². The van der Waals surface area contributed by atoms with E-state index in [1.54, 1.807) is 7.11 Å². The largest absolute Gasteiger partial charge is 0.496 e. The van der Waals surface area contributed by atoms with Gasteiger partial charge in [-0.1, -0.05) is 18.2 Å². The molecule has 4 nitrogen and oxygen atoms in total. The first-order valence-corrected chi connectivity index (χ1v) is 6.86. The number of nitrogens with one attached hydrogen (secondary N) is 2. The van der Waals surface area contributed by atoms with Crippen molar-refractivity contribution in [3.05, 3.63) is 29.8 Å². The maximum absolute atomic E-state index is 12.2. The van der Waals surface area contributed by atoms with Crippen LogP contribution in [0.3, 0.4) is 0 Å². The first-order chi connectivity index (χ1) is 9.22. The molecule has 0 spiro atoms. The van der Waals surface area contributed by atoms with E-state index in [0.29, 0.717) is 0 Å².